The molecule has 3 rings (SSSR count). The highest BCUT2D eigenvalue weighted by atomic mass is 32.1. The van der Waals surface area contributed by atoms with Gasteiger partial charge in [0.25, 0.3) is 0 Å². The topological polar surface area (TPSA) is 108 Å². The molecule has 2 aromatic heterocycles. The molecule has 3 aromatic rings. The Hall–Kier alpha value is -2.45. The van der Waals surface area contributed by atoms with Gasteiger partial charge in [0.15, 0.2) is 0 Å². The summed E-state index contributed by atoms with van der Waals surface area (Å²) < 4.78 is 2.09. The van der Waals surface area contributed by atoms with Crippen molar-refractivity contribution in [3.8, 4) is 0 Å². The van der Waals surface area contributed by atoms with Crippen LogP contribution in [0.2, 0.25) is 0 Å². The molecule has 0 aliphatic carbocycles. The summed E-state index contributed by atoms with van der Waals surface area (Å²) in [4.78, 5) is 39.6. The van der Waals surface area contributed by atoms with E-state index in [9.17, 15) is 14.4 Å². The van der Waals surface area contributed by atoms with Crippen molar-refractivity contribution in [3.63, 3.8) is 0 Å². The minimum atomic E-state index is -0.792. The summed E-state index contributed by atoms with van der Waals surface area (Å²) in [6, 6.07) is 9.33. The summed E-state index contributed by atoms with van der Waals surface area (Å²) in [5.74, 6) is 0. The van der Waals surface area contributed by atoms with E-state index in [1.54, 1.807) is 6.92 Å². The normalized spacial score (nSPS) is 11.8. The number of hydrogen-bond donors (Lipinski definition) is 3. The van der Waals surface area contributed by atoms with Gasteiger partial charge in [-0.05, 0) is 24.4 Å². The minimum Gasteiger partial charge on any atom is -0.400 e. The number of benzene rings is 1. The van der Waals surface area contributed by atoms with Crippen molar-refractivity contribution in [2.45, 2.75) is 13.0 Å². The summed E-state index contributed by atoms with van der Waals surface area (Å²) >= 11 is 1.52. The number of fused-ring (bicyclic) bond motifs is 1. The van der Waals surface area contributed by atoms with Crippen molar-refractivity contribution >= 4 is 21.4 Å². The number of H-pyrrole nitrogens is 2. The van der Waals surface area contributed by atoms with Gasteiger partial charge in [0.1, 0.15) is 0 Å². The van der Waals surface area contributed by atoms with Crippen LogP contribution in [-0.4, -0.2) is 26.8 Å². The number of aliphatic hydroxyl groups excluding tert-OH is 1. The minimum absolute atomic E-state index is 0.444. The molecule has 7 nitrogen and oxygen atoms in total. The third kappa shape index (κ3) is 2.92. The van der Waals surface area contributed by atoms with Gasteiger partial charge in [-0.15, -0.1) is 11.3 Å². The first kappa shape index (κ1) is 15.9. The fourth-order valence-electron chi connectivity index (χ4n) is 2.13. The lowest BCUT2D eigenvalue weighted by atomic mass is 10.2. The molecule has 0 spiro atoms. The average molecular weight is 321 g/mol. The number of aromatic nitrogens is 3. The molecule has 0 fully saturated rings. The highest BCUT2D eigenvalue weighted by Gasteiger charge is 2.16. The van der Waals surface area contributed by atoms with E-state index < -0.39 is 23.1 Å². The third-order valence-electron chi connectivity index (χ3n) is 3.12. The molecule has 1 atom stereocenters. The van der Waals surface area contributed by atoms with Crippen molar-refractivity contribution in [3.05, 3.63) is 66.7 Å². The van der Waals surface area contributed by atoms with E-state index in [-0.39, 0.29) is 0 Å². The Morgan fingerprint density at radius 2 is 1.68 bits per heavy atom. The molecule has 3 N–H and O–H groups in total. The second-order valence-electron chi connectivity index (χ2n) is 4.42. The summed E-state index contributed by atoms with van der Waals surface area (Å²) in [6.07, 6.45) is 0. The standard InChI is InChI=1S/C13H11N3O3S.CH4O/c1-7(16-12(18)14-11(17)15-13(16)19)10-6-8-4-2-3-5-9(8)20-10;1-2/h2-7H,1H3,(H2,14,15,17,18,19);2H,1H3/t7-;/m1./s1. The zero-order chi connectivity index (χ0) is 16.3. The Kier molecular flexibility index (Phi) is 4.74. The zero-order valence-electron chi connectivity index (χ0n) is 12.0. The van der Waals surface area contributed by atoms with E-state index in [1.807, 2.05) is 30.3 Å². The number of nitrogens with zero attached hydrogens (tertiary/aromatic N) is 1. The zero-order valence-corrected chi connectivity index (χ0v) is 12.8. The third-order valence-corrected chi connectivity index (χ3v) is 4.41. The molecule has 0 aliphatic rings. The van der Waals surface area contributed by atoms with Crippen molar-refractivity contribution in [2.24, 2.45) is 0 Å². The molecule has 0 amide bonds. The largest absolute Gasteiger partial charge is 0.400 e. The van der Waals surface area contributed by atoms with E-state index in [0.29, 0.717) is 0 Å². The van der Waals surface area contributed by atoms with Gasteiger partial charge in [-0.3, -0.25) is 9.97 Å². The Balaban J connectivity index is 0.000000847. The van der Waals surface area contributed by atoms with Gasteiger partial charge in [0, 0.05) is 16.7 Å². The van der Waals surface area contributed by atoms with Crippen molar-refractivity contribution in [1.82, 2.24) is 14.5 Å². The highest BCUT2D eigenvalue weighted by molar-refractivity contribution is 7.19. The first-order chi connectivity index (χ1) is 10.6. The summed E-state index contributed by atoms with van der Waals surface area (Å²) in [5.41, 5.74) is -2.20. The monoisotopic (exact) mass is 321 g/mol. The van der Waals surface area contributed by atoms with Crippen LogP contribution < -0.4 is 17.1 Å². The van der Waals surface area contributed by atoms with Crippen molar-refractivity contribution in [1.29, 1.82) is 0 Å². The average Bonchev–Trinajstić information content (AvgIpc) is 2.92. The van der Waals surface area contributed by atoms with Gasteiger partial charge in [-0.2, -0.15) is 0 Å². The number of thiophene rings is 1. The summed E-state index contributed by atoms with van der Waals surface area (Å²) in [7, 11) is 1.00. The number of aliphatic hydroxyl groups is 1. The lowest BCUT2D eigenvalue weighted by Crippen LogP contribution is -2.44. The van der Waals surface area contributed by atoms with Crippen LogP contribution in [0.1, 0.15) is 17.8 Å². The van der Waals surface area contributed by atoms with Crippen LogP contribution in [0.25, 0.3) is 10.1 Å². The maximum absolute atomic E-state index is 11.8. The van der Waals surface area contributed by atoms with Crippen LogP contribution >= 0.6 is 11.3 Å². The van der Waals surface area contributed by atoms with Crippen LogP contribution in [-0.2, 0) is 0 Å². The molecule has 0 bridgehead atoms. The lowest BCUT2D eigenvalue weighted by Gasteiger charge is -2.10. The second kappa shape index (κ2) is 6.54. The smallest absolute Gasteiger partial charge is 0.334 e. The van der Waals surface area contributed by atoms with Crippen LogP contribution in [0.4, 0.5) is 0 Å². The number of hydrogen-bond acceptors (Lipinski definition) is 5. The van der Waals surface area contributed by atoms with Crippen molar-refractivity contribution in [2.75, 3.05) is 7.11 Å². The lowest BCUT2D eigenvalue weighted by molar-refractivity contribution is 0.399. The molecule has 0 aliphatic heterocycles. The Labute approximate surface area is 128 Å². The van der Waals surface area contributed by atoms with Gasteiger partial charge in [0.05, 0.1) is 6.04 Å². The van der Waals surface area contributed by atoms with E-state index in [4.69, 9.17) is 5.11 Å². The SMILES string of the molecule is CO.C[C@H](c1cc2ccccc2s1)n1c(=O)[nH]c(=O)[nH]c1=O. The van der Waals surface area contributed by atoms with E-state index in [1.165, 1.54) is 11.3 Å². The van der Waals surface area contributed by atoms with E-state index >= 15 is 0 Å². The second-order valence-corrected chi connectivity index (χ2v) is 5.54. The first-order valence-electron chi connectivity index (χ1n) is 6.44. The van der Waals surface area contributed by atoms with Gasteiger partial charge in [-0.1, -0.05) is 18.2 Å². The van der Waals surface area contributed by atoms with Gasteiger partial charge >= 0.3 is 17.1 Å². The molecule has 22 heavy (non-hydrogen) atoms. The molecule has 0 radical (unpaired) electrons. The Morgan fingerprint density at radius 3 is 2.27 bits per heavy atom. The van der Waals surface area contributed by atoms with E-state index in [0.717, 1.165) is 26.6 Å². The van der Waals surface area contributed by atoms with Crippen LogP contribution in [0, 0.1) is 0 Å². The van der Waals surface area contributed by atoms with Gasteiger partial charge < -0.3 is 5.11 Å². The Morgan fingerprint density at radius 1 is 1.09 bits per heavy atom. The fourth-order valence-corrected chi connectivity index (χ4v) is 3.23. The molecule has 0 saturated heterocycles. The summed E-state index contributed by atoms with van der Waals surface area (Å²) in [6.45, 7) is 1.75. The number of aromatic amines is 2. The van der Waals surface area contributed by atoms with Crippen LogP contribution in [0.5, 0.6) is 0 Å². The molecule has 8 heteroatoms. The maximum Gasteiger partial charge on any atom is 0.334 e. The fraction of sp³-hybridized carbons (Fsp3) is 0.214. The molecule has 116 valence electrons. The number of nitrogens with one attached hydrogen (secondary N) is 2. The molecular weight excluding hydrogens is 306 g/mol. The Bertz CT molecular complexity index is 883. The first-order valence-corrected chi connectivity index (χ1v) is 7.26. The quantitative estimate of drug-likeness (QED) is 0.644. The predicted molar refractivity (Wildman–Crippen MR) is 85.7 cm³/mol. The number of rotatable bonds is 2. The summed E-state index contributed by atoms with van der Waals surface area (Å²) in [5, 5.41) is 8.06. The highest BCUT2D eigenvalue weighted by Crippen LogP contribution is 2.30. The molecular formula is C14H15N3O4S. The van der Waals surface area contributed by atoms with Crippen LogP contribution in [0.3, 0.4) is 0 Å². The molecule has 0 unspecified atom stereocenters. The molecule has 2 heterocycles. The van der Waals surface area contributed by atoms with Crippen LogP contribution in [0.15, 0.2) is 44.7 Å². The maximum atomic E-state index is 11.8. The van der Waals surface area contributed by atoms with Gasteiger partial charge in [0.2, 0.25) is 0 Å². The van der Waals surface area contributed by atoms with Crippen molar-refractivity contribution < 1.29 is 5.11 Å². The van der Waals surface area contributed by atoms with E-state index in [2.05, 4.69) is 9.97 Å². The predicted octanol–water partition coefficient (Wildman–Crippen LogP) is 0.657. The molecule has 1 aromatic carbocycles. The molecule has 0 saturated carbocycles. The van der Waals surface area contributed by atoms with Gasteiger partial charge in [-0.25, -0.2) is 19.0 Å².